The van der Waals surface area contributed by atoms with Gasteiger partial charge in [0, 0.05) is 0 Å². The van der Waals surface area contributed by atoms with Crippen molar-refractivity contribution in [3.63, 3.8) is 0 Å². The number of rotatable bonds is 5. The van der Waals surface area contributed by atoms with E-state index in [1.165, 1.54) is 0 Å². The van der Waals surface area contributed by atoms with Crippen LogP contribution in [0.5, 0.6) is 0 Å². The van der Waals surface area contributed by atoms with E-state index in [9.17, 15) is 0 Å². The fourth-order valence-electron chi connectivity index (χ4n) is 20.8. The van der Waals surface area contributed by atoms with Crippen LogP contribution in [-0.4, -0.2) is 0 Å². The first kappa shape index (κ1) is 38.0. The van der Waals surface area contributed by atoms with E-state index in [0.29, 0.717) is 0 Å². The van der Waals surface area contributed by atoms with Gasteiger partial charge in [-0.25, -0.2) is 0 Å². The van der Waals surface area contributed by atoms with E-state index in [0.717, 1.165) is 118 Å². The zero-order chi connectivity index (χ0) is 36.3. The lowest BCUT2D eigenvalue weighted by molar-refractivity contribution is -0.0704. The molecule has 0 heterocycles. The minimum atomic E-state index is 1.11. The molecule has 0 N–H and O–H groups in total. The van der Waals surface area contributed by atoms with Crippen molar-refractivity contribution < 1.29 is 0 Å². The third kappa shape index (κ3) is 7.45. The minimum absolute atomic E-state index is 1.11. The van der Waals surface area contributed by atoms with Crippen molar-refractivity contribution in [2.75, 3.05) is 0 Å². The molecule has 11 saturated carbocycles. The molecule has 0 aromatic rings. The molecule has 0 bridgehead atoms. The summed E-state index contributed by atoms with van der Waals surface area (Å²) in [6.07, 6.45) is 56.7. The van der Waals surface area contributed by atoms with Gasteiger partial charge in [-0.2, -0.15) is 0 Å². The Labute approximate surface area is 341 Å². The highest BCUT2D eigenvalue weighted by Crippen LogP contribution is 2.66. The molecule has 0 nitrogen and oxygen atoms in total. The number of hydrogen-bond acceptors (Lipinski definition) is 0. The molecule has 18 atom stereocenters. The Morgan fingerprint density at radius 3 is 1.20 bits per heavy atom. The van der Waals surface area contributed by atoms with Crippen LogP contribution in [-0.2, 0) is 0 Å². The van der Waals surface area contributed by atoms with Crippen LogP contribution in [0.1, 0.15) is 225 Å². The molecule has 0 aromatic carbocycles. The first-order chi connectivity index (χ1) is 27.2. The number of hydrogen-bond donors (Lipinski definition) is 0. The molecule has 0 radical (unpaired) electrons. The van der Waals surface area contributed by atoms with Gasteiger partial charge in [0.15, 0.2) is 0 Å². The molecule has 0 aromatic heterocycles. The topological polar surface area (TPSA) is 0 Å². The summed E-state index contributed by atoms with van der Waals surface area (Å²) in [5.74, 6) is 22.5. The van der Waals surface area contributed by atoms with Crippen molar-refractivity contribution in [3.8, 4) is 0 Å². The monoisotopic (exact) mass is 751 g/mol. The fourth-order valence-corrected chi connectivity index (χ4v) is 20.8. The fraction of sp³-hybridized carbons (Fsp3) is 1.00. The van der Waals surface area contributed by atoms with Crippen molar-refractivity contribution >= 4 is 0 Å². The first-order valence-electron chi connectivity index (χ1n) is 27.2. The highest BCUT2D eigenvalue weighted by molar-refractivity contribution is 5.08. The van der Waals surface area contributed by atoms with Crippen molar-refractivity contribution in [1.82, 2.24) is 0 Å². The van der Waals surface area contributed by atoms with E-state index >= 15 is 0 Å². The largest absolute Gasteiger partial charge is 0.0533 e. The van der Waals surface area contributed by atoms with Gasteiger partial charge in [-0.15, -0.1) is 0 Å². The Balaban J connectivity index is 0.838. The second-order valence-corrected chi connectivity index (χ2v) is 24.8. The third-order valence-corrected chi connectivity index (χ3v) is 22.9. The van der Waals surface area contributed by atoms with Crippen LogP contribution in [0, 0.1) is 118 Å². The van der Waals surface area contributed by atoms with E-state index in [1.807, 2.05) is 0 Å². The molecule has 310 valence electrons. The molecule has 11 aliphatic carbocycles. The second-order valence-electron chi connectivity index (χ2n) is 24.8. The quantitative estimate of drug-likeness (QED) is 0.262. The van der Waals surface area contributed by atoms with Gasteiger partial charge in [0.05, 0.1) is 0 Å². The Morgan fingerprint density at radius 1 is 0.145 bits per heavy atom. The zero-order valence-corrected chi connectivity index (χ0v) is 36.3. The average Bonchev–Trinajstić information content (AvgIpc) is 3.63. The molecular weight excluding hydrogens is 661 g/mol. The molecule has 0 heteroatoms. The van der Waals surface area contributed by atoms with Crippen molar-refractivity contribution in [1.29, 1.82) is 0 Å². The molecule has 11 rings (SSSR count). The SMILES string of the molecule is C1CCC(C2CC(C3CCC4CCCCC4C3)CC(C3CCC(C4CCC(C5CCCCC5)C5C6CC7CCCCC7CC6CC45)C4CCCCC34)C2)CC1. The van der Waals surface area contributed by atoms with Gasteiger partial charge in [0.1, 0.15) is 0 Å². The Kier molecular flexibility index (Phi) is 11.6. The van der Waals surface area contributed by atoms with Crippen LogP contribution in [0.2, 0.25) is 0 Å². The summed E-state index contributed by atoms with van der Waals surface area (Å²) < 4.78 is 0. The Hall–Kier alpha value is 0. The molecule has 55 heavy (non-hydrogen) atoms. The summed E-state index contributed by atoms with van der Waals surface area (Å²) in [7, 11) is 0. The highest BCUT2D eigenvalue weighted by Gasteiger charge is 2.58. The van der Waals surface area contributed by atoms with Crippen LogP contribution in [0.4, 0.5) is 0 Å². The van der Waals surface area contributed by atoms with Gasteiger partial charge in [-0.1, -0.05) is 128 Å². The van der Waals surface area contributed by atoms with Gasteiger partial charge in [-0.05, 0) is 215 Å². The molecule has 18 unspecified atom stereocenters. The molecule has 0 amide bonds. The van der Waals surface area contributed by atoms with Crippen molar-refractivity contribution in [2.45, 2.75) is 225 Å². The lowest BCUT2D eigenvalue weighted by atomic mass is 9.49. The van der Waals surface area contributed by atoms with Crippen LogP contribution >= 0.6 is 0 Å². The van der Waals surface area contributed by atoms with Crippen molar-refractivity contribution in [3.05, 3.63) is 0 Å². The Morgan fingerprint density at radius 2 is 0.491 bits per heavy atom. The molecule has 0 saturated heterocycles. The van der Waals surface area contributed by atoms with Gasteiger partial charge in [-0.3, -0.25) is 0 Å². The average molecular weight is 751 g/mol. The predicted molar refractivity (Wildman–Crippen MR) is 231 cm³/mol. The lowest BCUT2D eigenvalue weighted by Crippen LogP contribution is -2.48. The molecule has 11 aliphatic rings. The van der Waals surface area contributed by atoms with Crippen LogP contribution in [0.25, 0.3) is 0 Å². The van der Waals surface area contributed by atoms with Crippen LogP contribution in [0.15, 0.2) is 0 Å². The zero-order valence-electron chi connectivity index (χ0n) is 36.3. The normalized spacial score (nSPS) is 52.6. The van der Waals surface area contributed by atoms with E-state index in [4.69, 9.17) is 0 Å². The van der Waals surface area contributed by atoms with E-state index < -0.39 is 0 Å². The van der Waals surface area contributed by atoms with Gasteiger partial charge < -0.3 is 0 Å². The summed E-state index contributed by atoms with van der Waals surface area (Å²) in [6.45, 7) is 0. The second kappa shape index (κ2) is 16.8. The van der Waals surface area contributed by atoms with Gasteiger partial charge >= 0.3 is 0 Å². The lowest BCUT2D eigenvalue weighted by Gasteiger charge is -2.56. The van der Waals surface area contributed by atoms with E-state index in [2.05, 4.69) is 0 Å². The summed E-state index contributed by atoms with van der Waals surface area (Å²) in [5.41, 5.74) is 0. The maximum Gasteiger partial charge on any atom is -0.0321 e. The van der Waals surface area contributed by atoms with Crippen LogP contribution < -0.4 is 0 Å². The smallest absolute Gasteiger partial charge is 0.0321 e. The molecule has 0 aliphatic heterocycles. The number of fused-ring (bicyclic) bond motifs is 6. The maximum atomic E-state index is 1.71. The molecule has 0 spiro atoms. The highest BCUT2D eigenvalue weighted by atomic mass is 14.6. The summed E-state index contributed by atoms with van der Waals surface area (Å²) >= 11 is 0. The van der Waals surface area contributed by atoms with Gasteiger partial charge in [0.2, 0.25) is 0 Å². The van der Waals surface area contributed by atoms with Crippen LogP contribution in [0.3, 0.4) is 0 Å². The predicted octanol–water partition coefficient (Wildman–Crippen LogP) is 16.1. The summed E-state index contributed by atoms with van der Waals surface area (Å²) in [5, 5.41) is 0. The molecular formula is C55H90. The van der Waals surface area contributed by atoms with E-state index in [1.54, 1.807) is 225 Å². The summed E-state index contributed by atoms with van der Waals surface area (Å²) in [4.78, 5) is 0. The minimum Gasteiger partial charge on any atom is -0.0533 e. The summed E-state index contributed by atoms with van der Waals surface area (Å²) in [6, 6.07) is 0. The van der Waals surface area contributed by atoms with Gasteiger partial charge in [0.25, 0.3) is 0 Å². The standard InChI is InChI=1S/C55H90/c1-3-13-36(14-4-1)43-31-44(42-24-23-37-15-7-8-18-39(37)29-42)33-45(32-43)47-25-27-51(50-22-12-11-21-49(47)50)52-28-26-48(38-16-5-2-6-17-38)55-53-34-41-20-10-9-19-40(41)30-46(53)35-54(52)55/h36-55H,1-35H2. The molecule has 11 fully saturated rings. The van der Waals surface area contributed by atoms with Crippen molar-refractivity contribution in [2.24, 2.45) is 118 Å². The third-order valence-electron chi connectivity index (χ3n) is 22.9. The first-order valence-corrected chi connectivity index (χ1v) is 27.2. The van der Waals surface area contributed by atoms with E-state index in [-0.39, 0.29) is 0 Å². The Bertz CT molecular complexity index is 1240. The maximum absolute atomic E-state index is 1.71.